The first-order valence-electron chi connectivity index (χ1n) is 5.33. The van der Waals surface area contributed by atoms with E-state index in [-0.39, 0.29) is 6.10 Å². The lowest BCUT2D eigenvalue weighted by Crippen LogP contribution is -2.54. The van der Waals surface area contributed by atoms with Gasteiger partial charge in [-0.25, -0.2) is 0 Å². The molecular weight excluding hydrogens is 206 g/mol. The zero-order valence-corrected chi connectivity index (χ0v) is 9.60. The molecule has 1 aromatic rings. The summed E-state index contributed by atoms with van der Waals surface area (Å²) in [6.07, 6.45) is -0.183. The van der Waals surface area contributed by atoms with Crippen LogP contribution in [-0.4, -0.2) is 32.0 Å². The fourth-order valence-electron chi connectivity index (χ4n) is 1.67. The van der Waals surface area contributed by atoms with Crippen LogP contribution >= 0.6 is 0 Å². The first-order valence-corrected chi connectivity index (χ1v) is 5.33. The number of methoxy groups -OCH3 is 1. The highest BCUT2D eigenvalue weighted by Gasteiger charge is 2.38. The van der Waals surface area contributed by atoms with Gasteiger partial charge in [0.2, 0.25) is 0 Å². The second-order valence-electron chi connectivity index (χ2n) is 4.09. The maximum absolute atomic E-state index is 5.85. The van der Waals surface area contributed by atoms with Crippen molar-refractivity contribution in [2.24, 2.45) is 5.73 Å². The summed E-state index contributed by atoms with van der Waals surface area (Å²) in [5.74, 6) is 1.52. The van der Waals surface area contributed by atoms with Gasteiger partial charge in [-0.2, -0.15) is 0 Å². The van der Waals surface area contributed by atoms with Gasteiger partial charge in [-0.3, -0.25) is 0 Å². The molecule has 0 saturated carbocycles. The van der Waals surface area contributed by atoms with Gasteiger partial charge >= 0.3 is 0 Å². The zero-order valence-electron chi connectivity index (χ0n) is 9.60. The van der Waals surface area contributed by atoms with Gasteiger partial charge in [0.1, 0.15) is 12.2 Å². The molecule has 88 valence electrons. The standard InChI is InChI=1S/C12H17NO3/c1-12(8-13,14-2)11-7-15-9-5-3-4-6-10(9)16-11/h3-6,11H,7-8,13H2,1-2H3. The number of hydrogen-bond acceptors (Lipinski definition) is 4. The van der Waals surface area contributed by atoms with E-state index in [0.29, 0.717) is 13.2 Å². The van der Waals surface area contributed by atoms with Gasteiger partial charge in [0.25, 0.3) is 0 Å². The molecule has 0 fully saturated rings. The monoisotopic (exact) mass is 223 g/mol. The zero-order chi connectivity index (χ0) is 11.6. The molecule has 1 aliphatic rings. The summed E-state index contributed by atoms with van der Waals surface area (Å²) in [4.78, 5) is 0. The molecule has 4 nitrogen and oxygen atoms in total. The minimum absolute atomic E-state index is 0.183. The molecule has 0 aliphatic carbocycles. The minimum Gasteiger partial charge on any atom is -0.486 e. The smallest absolute Gasteiger partial charge is 0.162 e. The van der Waals surface area contributed by atoms with E-state index in [0.717, 1.165) is 11.5 Å². The fraction of sp³-hybridized carbons (Fsp3) is 0.500. The fourth-order valence-corrected chi connectivity index (χ4v) is 1.67. The van der Waals surface area contributed by atoms with Crippen LogP contribution in [0, 0.1) is 0 Å². The number of nitrogens with two attached hydrogens (primary N) is 1. The lowest BCUT2D eigenvalue weighted by Gasteiger charge is -2.38. The van der Waals surface area contributed by atoms with Crippen molar-refractivity contribution in [3.63, 3.8) is 0 Å². The molecule has 0 aromatic heterocycles. The van der Waals surface area contributed by atoms with Crippen molar-refractivity contribution in [1.82, 2.24) is 0 Å². The van der Waals surface area contributed by atoms with Crippen LogP contribution in [0.4, 0.5) is 0 Å². The Bertz CT molecular complexity index is 363. The van der Waals surface area contributed by atoms with Gasteiger partial charge < -0.3 is 19.9 Å². The van der Waals surface area contributed by atoms with E-state index < -0.39 is 5.60 Å². The number of fused-ring (bicyclic) bond motifs is 1. The van der Waals surface area contributed by atoms with Gasteiger partial charge in [0, 0.05) is 13.7 Å². The lowest BCUT2D eigenvalue weighted by molar-refractivity contribution is -0.0954. The first kappa shape index (κ1) is 11.2. The quantitative estimate of drug-likeness (QED) is 0.836. The average molecular weight is 223 g/mol. The molecule has 16 heavy (non-hydrogen) atoms. The largest absolute Gasteiger partial charge is 0.486 e. The van der Waals surface area contributed by atoms with Crippen molar-refractivity contribution >= 4 is 0 Å². The van der Waals surface area contributed by atoms with Crippen molar-refractivity contribution in [3.05, 3.63) is 24.3 Å². The van der Waals surface area contributed by atoms with Crippen molar-refractivity contribution in [1.29, 1.82) is 0 Å². The van der Waals surface area contributed by atoms with Crippen LogP contribution in [0.1, 0.15) is 6.92 Å². The van der Waals surface area contributed by atoms with Crippen molar-refractivity contribution < 1.29 is 14.2 Å². The summed E-state index contributed by atoms with van der Waals surface area (Å²) < 4.78 is 16.9. The Morgan fingerprint density at radius 1 is 1.44 bits per heavy atom. The number of ether oxygens (including phenoxy) is 3. The molecule has 1 aromatic carbocycles. The molecule has 0 saturated heterocycles. The van der Waals surface area contributed by atoms with Crippen LogP contribution in [0.5, 0.6) is 11.5 Å². The second-order valence-corrected chi connectivity index (χ2v) is 4.09. The Morgan fingerprint density at radius 3 is 2.75 bits per heavy atom. The second kappa shape index (κ2) is 4.31. The van der Waals surface area contributed by atoms with E-state index in [2.05, 4.69) is 0 Å². The number of rotatable bonds is 3. The Hall–Kier alpha value is -1.26. The maximum Gasteiger partial charge on any atom is 0.162 e. The van der Waals surface area contributed by atoms with Gasteiger partial charge in [-0.1, -0.05) is 12.1 Å². The third-order valence-corrected chi connectivity index (χ3v) is 3.06. The third kappa shape index (κ3) is 1.86. The van der Waals surface area contributed by atoms with Crippen LogP contribution < -0.4 is 15.2 Å². The van der Waals surface area contributed by atoms with Crippen molar-refractivity contribution in [2.45, 2.75) is 18.6 Å². The molecule has 0 amide bonds. The molecule has 0 bridgehead atoms. The summed E-state index contributed by atoms with van der Waals surface area (Å²) in [6, 6.07) is 7.60. The van der Waals surface area contributed by atoms with Crippen LogP contribution in [-0.2, 0) is 4.74 Å². The van der Waals surface area contributed by atoms with Crippen molar-refractivity contribution in [3.8, 4) is 11.5 Å². The number of para-hydroxylation sites is 2. The molecular formula is C12H17NO3. The van der Waals surface area contributed by atoms with Crippen LogP contribution in [0.15, 0.2) is 24.3 Å². The van der Waals surface area contributed by atoms with E-state index in [1.807, 2.05) is 31.2 Å². The van der Waals surface area contributed by atoms with Gasteiger partial charge in [0.15, 0.2) is 17.6 Å². The summed E-state index contributed by atoms with van der Waals surface area (Å²) in [7, 11) is 1.64. The van der Waals surface area contributed by atoms with Gasteiger partial charge in [0.05, 0.1) is 0 Å². The normalized spacial score (nSPS) is 22.6. The lowest BCUT2D eigenvalue weighted by atomic mass is 9.99. The van der Waals surface area contributed by atoms with Gasteiger partial charge in [-0.15, -0.1) is 0 Å². The molecule has 2 N–H and O–H groups in total. The van der Waals surface area contributed by atoms with E-state index >= 15 is 0 Å². The van der Waals surface area contributed by atoms with E-state index in [1.54, 1.807) is 7.11 Å². The maximum atomic E-state index is 5.85. The van der Waals surface area contributed by atoms with Crippen LogP contribution in [0.2, 0.25) is 0 Å². The van der Waals surface area contributed by atoms with Crippen molar-refractivity contribution in [2.75, 3.05) is 20.3 Å². The number of hydrogen-bond donors (Lipinski definition) is 1. The summed E-state index contributed by atoms with van der Waals surface area (Å²) in [5, 5.41) is 0. The Balaban J connectivity index is 2.19. The average Bonchev–Trinajstić information content (AvgIpc) is 2.37. The van der Waals surface area contributed by atoms with Crippen LogP contribution in [0.3, 0.4) is 0 Å². The first-order chi connectivity index (χ1) is 7.69. The minimum atomic E-state index is -0.520. The Morgan fingerprint density at radius 2 is 2.12 bits per heavy atom. The van der Waals surface area contributed by atoms with E-state index in [9.17, 15) is 0 Å². The molecule has 2 atom stereocenters. The summed E-state index contributed by atoms with van der Waals surface area (Å²) in [6.45, 7) is 2.77. The molecule has 4 heteroatoms. The highest BCUT2D eigenvalue weighted by molar-refractivity contribution is 5.41. The van der Waals surface area contributed by atoms with Crippen LogP contribution in [0.25, 0.3) is 0 Å². The Labute approximate surface area is 95.3 Å². The highest BCUT2D eigenvalue weighted by Crippen LogP contribution is 2.34. The molecule has 0 radical (unpaired) electrons. The summed E-state index contributed by atoms with van der Waals surface area (Å²) in [5.41, 5.74) is 5.19. The molecule has 2 rings (SSSR count). The predicted octanol–water partition coefficient (Wildman–Crippen LogP) is 1.19. The number of benzene rings is 1. The molecule has 0 spiro atoms. The van der Waals surface area contributed by atoms with E-state index in [1.165, 1.54) is 0 Å². The third-order valence-electron chi connectivity index (χ3n) is 3.06. The van der Waals surface area contributed by atoms with E-state index in [4.69, 9.17) is 19.9 Å². The SMILES string of the molecule is COC(C)(CN)C1COc2ccccc2O1. The Kier molecular flexibility index (Phi) is 3.03. The molecule has 1 aliphatic heterocycles. The highest BCUT2D eigenvalue weighted by atomic mass is 16.6. The predicted molar refractivity (Wildman–Crippen MR) is 60.8 cm³/mol. The topological polar surface area (TPSA) is 53.7 Å². The summed E-state index contributed by atoms with van der Waals surface area (Å²) >= 11 is 0. The van der Waals surface area contributed by atoms with Gasteiger partial charge in [-0.05, 0) is 19.1 Å². The molecule has 1 heterocycles. The molecule has 2 unspecified atom stereocenters.